The summed E-state index contributed by atoms with van der Waals surface area (Å²) in [6.07, 6.45) is 6.15. The molecule has 2 atom stereocenters. The maximum Gasteiger partial charge on any atom is 0.240 e. The van der Waals surface area contributed by atoms with Crippen molar-refractivity contribution in [2.45, 2.75) is 25.0 Å². The zero-order valence-electron chi connectivity index (χ0n) is 14.9. The summed E-state index contributed by atoms with van der Waals surface area (Å²) in [5, 5.41) is 1.26. The number of rotatable bonds is 3. The quantitative estimate of drug-likeness (QED) is 0.935. The van der Waals surface area contributed by atoms with Crippen LogP contribution >= 0.6 is 0 Å². The number of fused-ring (bicyclic) bond motifs is 1. The van der Waals surface area contributed by atoms with E-state index in [0.29, 0.717) is 6.54 Å². The monoisotopic (exact) mass is 339 g/mol. The number of ether oxygens (including phenoxy) is 1. The van der Waals surface area contributed by atoms with Gasteiger partial charge in [0.25, 0.3) is 0 Å². The molecule has 1 aromatic carbocycles. The molecule has 5 heteroatoms. The Labute approximate surface area is 148 Å². The van der Waals surface area contributed by atoms with E-state index in [1.165, 1.54) is 16.5 Å². The molecule has 0 radical (unpaired) electrons. The third-order valence-corrected chi connectivity index (χ3v) is 5.58. The number of hydrogen-bond donors (Lipinski definition) is 1. The van der Waals surface area contributed by atoms with Gasteiger partial charge < -0.3 is 14.6 Å². The Morgan fingerprint density at radius 3 is 2.88 bits per heavy atom. The second-order valence-corrected chi connectivity index (χ2v) is 7.06. The predicted octanol–water partition coefficient (Wildman–Crippen LogP) is 2.50. The van der Waals surface area contributed by atoms with Crippen molar-refractivity contribution in [3.63, 3.8) is 0 Å². The van der Waals surface area contributed by atoms with Crippen LogP contribution < -0.4 is 0 Å². The highest BCUT2D eigenvalue weighted by atomic mass is 16.5. The van der Waals surface area contributed by atoms with E-state index in [4.69, 9.17) is 4.74 Å². The van der Waals surface area contributed by atoms with Crippen molar-refractivity contribution in [3.8, 4) is 0 Å². The molecule has 1 fully saturated rings. The first-order chi connectivity index (χ1) is 12.2. The van der Waals surface area contributed by atoms with Gasteiger partial charge in [0.15, 0.2) is 0 Å². The van der Waals surface area contributed by atoms with Gasteiger partial charge in [-0.3, -0.25) is 9.69 Å². The fraction of sp³-hybridized carbons (Fsp3) is 0.450. The van der Waals surface area contributed by atoms with Crippen molar-refractivity contribution in [2.24, 2.45) is 0 Å². The van der Waals surface area contributed by atoms with Crippen LogP contribution in [0.5, 0.6) is 0 Å². The highest BCUT2D eigenvalue weighted by Gasteiger charge is 2.37. The van der Waals surface area contributed by atoms with Crippen LogP contribution in [0.1, 0.15) is 18.4 Å². The molecule has 2 aliphatic rings. The predicted molar refractivity (Wildman–Crippen MR) is 99.3 cm³/mol. The van der Waals surface area contributed by atoms with Crippen LogP contribution in [-0.4, -0.2) is 66.6 Å². The Morgan fingerprint density at radius 1 is 1.32 bits per heavy atom. The number of nitrogens with one attached hydrogen (secondary N) is 1. The van der Waals surface area contributed by atoms with Crippen molar-refractivity contribution >= 4 is 22.4 Å². The number of carbonyl (C=O) groups is 1. The van der Waals surface area contributed by atoms with Crippen molar-refractivity contribution in [3.05, 3.63) is 42.1 Å². The van der Waals surface area contributed by atoms with Crippen molar-refractivity contribution in [1.29, 1.82) is 0 Å². The summed E-state index contributed by atoms with van der Waals surface area (Å²) in [7, 11) is 3.74. The molecule has 2 aliphatic heterocycles. The number of benzene rings is 1. The van der Waals surface area contributed by atoms with Crippen molar-refractivity contribution in [2.75, 3.05) is 33.8 Å². The average Bonchev–Trinajstić information content (AvgIpc) is 3.24. The maximum absolute atomic E-state index is 12.9. The number of likely N-dealkylation sites (tertiary alicyclic amines) is 1. The summed E-state index contributed by atoms with van der Waals surface area (Å²) in [5.41, 5.74) is 3.76. The van der Waals surface area contributed by atoms with Gasteiger partial charge in [0.2, 0.25) is 5.91 Å². The first-order valence-corrected chi connectivity index (χ1v) is 8.94. The van der Waals surface area contributed by atoms with Crippen LogP contribution in [0.15, 0.2) is 36.5 Å². The third kappa shape index (κ3) is 2.98. The molecule has 2 aromatic rings. The van der Waals surface area contributed by atoms with Crippen LogP contribution in [0.4, 0.5) is 0 Å². The van der Waals surface area contributed by atoms with E-state index in [2.05, 4.69) is 40.4 Å². The van der Waals surface area contributed by atoms with Gasteiger partial charge in [-0.1, -0.05) is 24.3 Å². The number of carbonyl (C=O) groups excluding carboxylic acids is 1. The summed E-state index contributed by atoms with van der Waals surface area (Å²) >= 11 is 0. The molecular formula is C20H25N3O2. The molecule has 0 bridgehead atoms. The molecule has 3 heterocycles. The number of aromatic amines is 1. The van der Waals surface area contributed by atoms with E-state index in [0.717, 1.165) is 31.4 Å². The number of H-pyrrole nitrogens is 1. The van der Waals surface area contributed by atoms with Gasteiger partial charge >= 0.3 is 0 Å². The number of aromatic nitrogens is 1. The smallest absolute Gasteiger partial charge is 0.240 e. The zero-order chi connectivity index (χ0) is 17.4. The number of amides is 1. The Balaban J connectivity index is 1.48. The molecule has 0 saturated carbocycles. The highest BCUT2D eigenvalue weighted by molar-refractivity contribution is 5.93. The number of para-hydroxylation sites is 1. The molecule has 0 spiro atoms. The largest absolute Gasteiger partial charge is 0.380 e. The number of hydrogen-bond acceptors (Lipinski definition) is 3. The van der Waals surface area contributed by atoms with E-state index in [1.807, 2.05) is 18.0 Å². The van der Waals surface area contributed by atoms with Crippen molar-refractivity contribution in [1.82, 2.24) is 14.8 Å². The summed E-state index contributed by atoms with van der Waals surface area (Å²) in [5.74, 6) is 0.233. The van der Waals surface area contributed by atoms with E-state index in [9.17, 15) is 4.79 Å². The number of methoxy groups -OCH3 is 1. The molecule has 1 N–H and O–H groups in total. The fourth-order valence-electron chi connectivity index (χ4n) is 4.07. The lowest BCUT2D eigenvalue weighted by molar-refractivity contribution is -0.135. The lowest BCUT2D eigenvalue weighted by Gasteiger charge is -2.30. The Bertz CT molecular complexity index is 810. The molecule has 0 unspecified atom stereocenters. The number of nitrogens with zero attached hydrogens (tertiary/aromatic N) is 2. The van der Waals surface area contributed by atoms with Gasteiger partial charge in [0.05, 0.1) is 12.1 Å². The second-order valence-electron chi connectivity index (χ2n) is 7.06. The van der Waals surface area contributed by atoms with Crippen molar-refractivity contribution < 1.29 is 9.53 Å². The van der Waals surface area contributed by atoms with Crippen LogP contribution in [0, 0.1) is 0 Å². The van der Waals surface area contributed by atoms with Crippen LogP contribution in [0.3, 0.4) is 0 Å². The lowest BCUT2D eigenvalue weighted by Crippen LogP contribution is -2.45. The van der Waals surface area contributed by atoms with E-state index in [-0.39, 0.29) is 18.1 Å². The van der Waals surface area contributed by atoms with Gasteiger partial charge in [-0.05, 0) is 31.5 Å². The van der Waals surface area contributed by atoms with Crippen LogP contribution in [0.2, 0.25) is 0 Å². The normalized spacial score (nSPS) is 24.7. The average molecular weight is 339 g/mol. The van der Waals surface area contributed by atoms with E-state index in [1.54, 1.807) is 7.11 Å². The fourth-order valence-corrected chi connectivity index (χ4v) is 4.07. The summed E-state index contributed by atoms with van der Waals surface area (Å²) in [4.78, 5) is 20.3. The molecule has 1 saturated heterocycles. The Kier molecular flexibility index (Phi) is 4.36. The van der Waals surface area contributed by atoms with E-state index < -0.39 is 0 Å². The lowest BCUT2D eigenvalue weighted by atomic mass is 9.98. The second kappa shape index (κ2) is 6.65. The minimum atomic E-state index is -0.0482. The Hall–Kier alpha value is -2.11. The third-order valence-electron chi connectivity index (χ3n) is 5.58. The summed E-state index contributed by atoms with van der Waals surface area (Å²) < 4.78 is 5.43. The zero-order valence-corrected chi connectivity index (χ0v) is 14.9. The minimum absolute atomic E-state index is 0.0482. The van der Waals surface area contributed by atoms with Gasteiger partial charge in [-0.15, -0.1) is 0 Å². The number of likely N-dealkylation sites (N-methyl/N-ethyl adjacent to an activating group) is 1. The molecule has 5 nitrogen and oxygen atoms in total. The first kappa shape index (κ1) is 16.4. The van der Waals surface area contributed by atoms with Gasteiger partial charge in [-0.2, -0.15) is 0 Å². The molecule has 1 amide bonds. The summed E-state index contributed by atoms with van der Waals surface area (Å²) in [6, 6.07) is 8.32. The molecule has 1 aromatic heterocycles. The molecule has 0 aliphatic carbocycles. The highest BCUT2D eigenvalue weighted by Crippen LogP contribution is 2.30. The Morgan fingerprint density at radius 2 is 2.16 bits per heavy atom. The molecule has 4 rings (SSSR count). The van der Waals surface area contributed by atoms with Gasteiger partial charge in [0.1, 0.15) is 0 Å². The van der Waals surface area contributed by atoms with Gasteiger partial charge in [0, 0.05) is 49.4 Å². The van der Waals surface area contributed by atoms with Gasteiger partial charge in [-0.25, -0.2) is 0 Å². The molecular weight excluding hydrogens is 314 g/mol. The standard InChI is InChI=1S/C20H25N3O2/c1-22-13-15(25-2)11-19(22)20(24)23-9-7-14(8-10-23)17-12-21-18-6-4-3-5-16(17)18/h3-7,12,15,19,21H,8-11,13H2,1-2H3/t15-,19-/m0/s1. The molecule has 132 valence electrons. The SMILES string of the molecule is CO[C@H]1C[C@@H](C(=O)N2CC=C(c3c[nH]c4ccccc34)CC2)N(C)C1. The van der Waals surface area contributed by atoms with Crippen LogP contribution in [0.25, 0.3) is 16.5 Å². The van der Waals surface area contributed by atoms with Crippen LogP contribution in [-0.2, 0) is 9.53 Å². The topological polar surface area (TPSA) is 48.6 Å². The minimum Gasteiger partial charge on any atom is -0.380 e. The summed E-state index contributed by atoms with van der Waals surface area (Å²) in [6.45, 7) is 2.30. The first-order valence-electron chi connectivity index (χ1n) is 8.94. The van der Waals surface area contributed by atoms with E-state index >= 15 is 0 Å². The maximum atomic E-state index is 12.9. The molecule has 25 heavy (non-hydrogen) atoms.